The van der Waals surface area contributed by atoms with Crippen LogP contribution in [0.1, 0.15) is 31.7 Å². The molecule has 19 heavy (non-hydrogen) atoms. The van der Waals surface area contributed by atoms with Gasteiger partial charge in [-0.15, -0.1) is 0 Å². The molecule has 1 aliphatic carbocycles. The predicted molar refractivity (Wildman–Crippen MR) is 77.2 cm³/mol. The fraction of sp³-hybridized carbons (Fsp3) is 0.571. The second-order valence-corrected chi connectivity index (χ2v) is 5.27. The molecule has 0 spiro atoms. The van der Waals surface area contributed by atoms with E-state index in [1.807, 2.05) is 0 Å². The maximum absolute atomic E-state index is 9.06. The van der Waals surface area contributed by atoms with Crippen molar-refractivity contribution in [1.82, 2.24) is 4.98 Å². The van der Waals surface area contributed by atoms with Gasteiger partial charge in [0.05, 0.1) is 5.56 Å². The number of hydrogen-bond donors (Lipinski definition) is 1. The summed E-state index contributed by atoms with van der Waals surface area (Å²) in [6.07, 6.45) is 5.12. The lowest BCUT2D eigenvalue weighted by molar-refractivity contribution is 0.459. The summed E-state index contributed by atoms with van der Waals surface area (Å²) in [6, 6.07) is 4.14. The topological polar surface area (TPSA) is 65.9 Å². The summed E-state index contributed by atoms with van der Waals surface area (Å²) in [5, 5.41) is 9.51. The molecule has 1 aromatic heterocycles. The maximum atomic E-state index is 9.06. The van der Waals surface area contributed by atoms with Crippen molar-refractivity contribution in [3.8, 4) is 6.07 Å². The van der Waals surface area contributed by atoms with Crippen molar-refractivity contribution in [3.63, 3.8) is 0 Å². The van der Waals surface area contributed by atoms with Crippen molar-refractivity contribution in [2.24, 2.45) is 11.7 Å². The van der Waals surface area contributed by atoms with E-state index in [0.717, 1.165) is 19.4 Å². The molecule has 1 aromatic rings. The molecule has 0 radical (unpaired) electrons. The summed E-state index contributed by atoms with van der Waals surface area (Å²) in [5.74, 6) is 1.21. The molecule has 2 N–H and O–H groups in total. The van der Waals surface area contributed by atoms with Gasteiger partial charge in [-0.2, -0.15) is 5.26 Å². The summed E-state index contributed by atoms with van der Waals surface area (Å²) in [7, 11) is 0. The highest BCUT2D eigenvalue weighted by Crippen LogP contribution is 2.35. The van der Waals surface area contributed by atoms with Gasteiger partial charge < -0.3 is 10.6 Å². The molecule has 2 unspecified atom stereocenters. The number of pyridine rings is 1. The fourth-order valence-electron chi connectivity index (χ4n) is 2.96. The number of nitrogens with zero attached hydrogens (tertiary/aromatic N) is 3. The van der Waals surface area contributed by atoms with Crippen molar-refractivity contribution in [3.05, 3.63) is 22.8 Å². The van der Waals surface area contributed by atoms with Crippen LogP contribution in [0.4, 0.5) is 5.82 Å². The average molecular weight is 279 g/mol. The van der Waals surface area contributed by atoms with Gasteiger partial charge in [-0.3, -0.25) is 0 Å². The molecule has 1 heterocycles. The minimum absolute atomic E-state index is 0.383. The van der Waals surface area contributed by atoms with Gasteiger partial charge in [-0.25, -0.2) is 4.98 Å². The number of aromatic nitrogens is 1. The molecule has 1 saturated carbocycles. The Morgan fingerprint density at radius 1 is 1.58 bits per heavy atom. The van der Waals surface area contributed by atoms with E-state index in [-0.39, 0.29) is 0 Å². The van der Waals surface area contributed by atoms with Crippen molar-refractivity contribution in [2.45, 2.75) is 32.2 Å². The molecule has 0 saturated heterocycles. The van der Waals surface area contributed by atoms with Crippen LogP contribution in [0.2, 0.25) is 5.02 Å². The summed E-state index contributed by atoms with van der Waals surface area (Å²) >= 11 is 6.29. The zero-order valence-corrected chi connectivity index (χ0v) is 11.9. The van der Waals surface area contributed by atoms with Crippen LogP contribution in [-0.2, 0) is 0 Å². The van der Waals surface area contributed by atoms with Crippen LogP contribution in [0, 0.1) is 17.2 Å². The van der Waals surface area contributed by atoms with Crippen LogP contribution >= 0.6 is 11.6 Å². The van der Waals surface area contributed by atoms with Crippen LogP contribution < -0.4 is 10.6 Å². The predicted octanol–water partition coefficient (Wildman–Crippen LogP) is 2.56. The monoisotopic (exact) mass is 278 g/mol. The van der Waals surface area contributed by atoms with Gasteiger partial charge in [0.15, 0.2) is 0 Å². The first-order chi connectivity index (χ1) is 9.22. The molecule has 0 aromatic carbocycles. The van der Waals surface area contributed by atoms with Crippen molar-refractivity contribution >= 4 is 17.4 Å². The molecule has 0 bridgehead atoms. The van der Waals surface area contributed by atoms with Gasteiger partial charge in [0.2, 0.25) is 0 Å². The van der Waals surface area contributed by atoms with E-state index in [9.17, 15) is 0 Å². The van der Waals surface area contributed by atoms with Gasteiger partial charge in [0.1, 0.15) is 16.9 Å². The first kappa shape index (κ1) is 14.1. The molecule has 2 atom stereocenters. The third kappa shape index (κ3) is 2.68. The van der Waals surface area contributed by atoms with E-state index in [4.69, 9.17) is 22.6 Å². The molecule has 5 heteroatoms. The van der Waals surface area contributed by atoms with E-state index < -0.39 is 0 Å². The van der Waals surface area contributed by atoms with Crippen LogP contribution in [0.5, 0.6) is 0 Å². The Hall–Kier alpha value is -1.31. The maximum Gasteiger partial charge on any atom is 0.148 e. The van der Waals surface area contributed by atoms with Crippen LogP contribution in [0.15, 0.2) is 12.3 Å². The Morgan fingerprint density at radius 3 is 3.00 bits per heavy atom. The van der Waals surface area contributed by atoms with Crippen molar-refractivity contribution in [2.75, 3.05) is 18.0 Å². The third-order valence-corrected chi connectivity index (χ3v) is 4.30. The zero-order chi connectivity index (χ0) is 13.8. The molecular formula is C14H19ClN4. The van der Waals surface area contributed by atoms with Crippen molar-refractivity contribution in [1.29, 1.82) is 5.26 Å². The molecule has 1 fully saturated rings. The summed E-state index contributed by atoms with van der Waals surface area (Å²) in [6.45, 7) is 3.60. The Morgan fingerprint density at radius 2 is 2.37 bits per heavy atom. The van der Waals surface area contributed by atoms with E-state index in [2.05, 4.69) is 22.9 Å². The Bertz CT molecular complexity index is 483. The largest absolute Gasteiger partial charge is 0.352 e. The fourth-order valence-corrected chi connectivity index (χ4v) is 3.23. The van der Waals surface area contributed by atoms with Gasteiger partial charge >= 0.3 is 0 Å². The number of halogens is 1. The van der Waals surface area contributed by atoms with Gasteiger partial charge in [0.25, 0.3) is 0 Å². The summed E-state index contributed by atoms with van der Waals surface area (Å²) in [5.41, 5.74) is 6.34. The first-order valence-corrected chi connectivity index (χ1v) is 7.12. The van der Waals surface area contributed by atoms with Gasteiger partial charge in [-0.05, 0) is 38.3 Å². The summed E-state index contributed by atoms with van der Waals surface area (Å²) < 4.78 is 0. The minimum Gasteiger partial charge on any atom is -0.352 e. The molecule has 102 valence electrons. The number of anilines is 1. The van der Waals surface area contributed by atoms with E-state index in [1.54, 1.807) is 12.3 Å². The van der Waals surface area contributed by atoms with Crippen LogP contribution in [-0.4, -0.2) is 24.1 Å². The highest BCUT2D eigenvalue weighted by Gasteiger charge is 2.32. The Kier molecular flexibility index (Phi) is 4.62. The molecule has 4 nitrogen and oxygen atoms in total. The molecule has 0 amide bonds. The molecule has 1 aliphatic rings. The first-order valence-electron chi connectivity index (χ1n) is 6.74. The number of rotatable bonds is 4. The van der Waals surface area contributed by atoms with Gasteiger partial charge in [0, 0.05) is 18.8 Å². The lowest BCUT2D eigenvalue weighted by atomic mass is 10.0. The Balaban J connectivity index is 2.35. The normalized spacial score (nSPS) is 22.2. The van der Waals surface area contributed by atoms with E-state index in [0.29, 0.717) is 34.9 Å². The molecule has 0 aliphatic heterocycles. The standard InChI is InChI=1S/C14H19ClN4/c1-2-19(12-5-3-4-10(12)8-16)14-13(15)11(9-17)6-7-18-14/h6-7,10,12H,2-5,8,16H2,1H3. The minimum atomic E-state index is 0.383. The highest BCUT2D eigenvalue weighted by atomic mass is 35.5. The number of nitrogens with two attached hydrogens (primary N) is 1. The molecule has 2 rings (SSSR count). The van der Waals surface area contributed by atoms with E-state index in [1.165, 1.54) is 6.42 Å². The lowest BCUT2D eigenvalue weighted by Crippen LogP contribution is -2.41. The molecular weight excluding hydrogens is 260 g/mol. The highest BCUT2D eigenvalue weighted by molar-refractivity contribution is 6.34. The average Bonchev–Trinajstić information content (AvgIpc) is 2.90. The summed E-state index contributed by atoms with van der Waals surface area (Å²) in [4.78, 5) is 6.58. The number of nitriles is 1. The third-order valence-electron chi connectivity index (χ3n) is 3.93. The second-order valence-electron chi connectivity index (χ2n) is 4.89. The van der Waals surface area contributed by atoms with Crippen molar-refractivity contribution < 1.29 is 0 Å². The quantitative estimate of drug-likeness (QED) is 0.919. The van der Waals surface area contributed by atoms with Crippen LogP contribution in [0.25, 0.3) is 0 Å². The number of hydrogen-bond acceptors (Lipinski definition) is 4. The zero-order valence-electron chi connectivity index (χ0n) is 11.1. The SMILES string of the molecule is CCN(c1nccc(C#N)c1Cl)C1CCCC1CN. The smallest absolute Gasteiger partial charge is 0.148 e. The second kappa shape index (κ2) is 6.23. The van der Waals surface area contributed by atoms with Gasteiger partial charge in [-0.1, -0.05) is 18.0 Å². The Labute approximate surface area is 119 Å². The van der Waals surface area contributed by atoms with Crippen LogP contribution in [0.3, 0.4) is 0 Å². The van der Waals surface area contributed by atoms with E-state index >= 15 is 0 Å². The lowest BCUT2D eigenvalue weighted by Gasteiger charge is -2.33.